The molecule has 2 N–H and O–H groups in total. The first-order chi connectivity index (χ1) is 9.17. The van der Waals surface area contributed by atoms with Gasteiger partial charge < -0.3 is 10.4 Å². The molecule has 1 fully saturated rings. The van der Waals surface area contributed by atoms with Crippen molar-refractivity contribution < 1.29 is 27.9 Å². The molecule has 108 valence electrons. The first kappa shape index (κ1) is 14.4. The Morgan fingerprint density at radius 3 is 2.25 bits per heavy atom. The van der Waals surface area contributed by atoms with Crippen LogP contribution < -0.4 is 5.32 Å². The summed E-state index contributed by atoms with van der Waals surface area (Å²) in [5.74, 6) is -8.14. The Labute approximate surface area is 112 Å². The van der Waals surface area contributed by atoms with Gasteiger partial charge in [-0.1, -0.05) is 13.8 Å². The number of benzene rings is 1. The molecular formula is C13H12F3NO3. The molecule has 0 saturated heterocycles. The van der Waals surface area contributed by atoms with Gasteiger partial charge in [-0.2, -0.15) is 0 Å². The zero-order valence-corrected chi connectivity index (χ0v) is 10.7. The zero-order valence-electron chi connectivity index (χ0n) is 10.7. The molecule has 4 nitrogen and oxygen atoms in total. The van der Waals surface area contributed by atoms with Crippen molar-refractivity contribution in [2.24, 2.45) is 17.3 Å². The summed E-state index contributed by atoms with van der Waals surface area (Å²) in [4.78, 5) is 22.8. The molecule has 0 radical (unpaired) electrons. The standard InChI is InChI=1S/C13H12F3NO3/c1-13(2)7(8(13)12(19)20)11(18)17-6-4-3-5(14)9(15)10(6)16/h3-4,7-8H,1-2H3,(H,17,18)(H,19,20). The van der Waals surface area contributed by atoms with E-state index in [2.05, 4.69) is 5.32 Å². The number of hydrogen-bond acceptors (Lipinski definition) is 2. The average molecular weight is 287 g/mol. The Balaban J connectivity index is 2.18. The van der Waals surface area contributed by atoms with Crippen LogP contribution in [0.2, 0.25) is 0 Å². The largest absolute Gasteiger partial charge is 0.481 e. The summed E-state index contributed by atoms with van der Waals surface area (Å²) >= 11 is 0. The zero-order chi connectivity index (χ0) is 15.2. The fraction of sp³-hybridized carbons (Fsp3) is 0.385. The Morgan fingerprint density at radius 2 is 1.75 bits per heavy atom. The molecule has 0 heterocycles. The molecular weight excluding hydrogens is 275 g/mol. The van der Waals surface area contributed by atoms with Gasteiger partial charge in [-0.05, 0) is 17.5 Å². The van der Waals surface area contributed by atoms with E-state index >= 15 is 0 Å². The molecule has 2 atom stereocenters. The Kier molecular flexibility index (Phi) is 3.23. The van der Waals surface area contributed by atoms with Gasteiger partial charge in [-0.25, -0.2) is 13.2 Å². The maximum atomic E-state index is 13.4. The van der Waals surface area contributed by atoms with E-state index in [1.54, 1.807) is 13.8 Å². The highest BCUT2D eigenvalue weighted by molar-refractivity contribution is 5.99. The number of halogens is 3. The van der Waals surface area contributed by atoms with Gasteiger partial charge in [0.25, 0.3) is 0 Å². The van der Waals surface area contributed by atoms with Crippen LogP contribution in [0.1, 0.15) is 13.8 Å². The summed E-state index contributed by atoms with van der Waals surface area (Å²) in [7, 11) is 0. The summed E-state index contributed by atoms with van der Waals surface area (Å²) in [6, 6.07) is 1.57. The topological polar surface area (TPSA) is 66.4 Å². The van der Waals surface area contributed by atoms with Gasteiger partial charge in [0.1, 0.15) is 0 Å². The van der Waals surface area contributed by atoms with Gasteiger partial charge in [0.2, 0.25) is 5.91 Å². The summed E-state index contributed by atoms with van der Waals surface area (Å²) in [6.07, 6.45) is 0. The minimum absolute atomic E-state index is 0.513. The van der Waals surface area contributed by atoms with Crippen LogP contribution in [0.15, 0.2) is 12.1 Å². The lowest BCUT2D eigenvalue weighted by molar-refractivity contribution is -0.140. The maximum Gasteiger partial charge on any atom is 0.307 e. The Bertz CT molecular complexity index is 601. The van der Waals surface area contributed by atoms with E-state index < -0.39 is 52.3 Å². The van der Waals surface area contributed by atoms with Gasteiger partial charge in [0, 0.05) is 0 Å². The maximum absolute atomic E-state index is 13.4. The van der Waals surface area contributed by atoms with Gasteiger partial charge in [0.05, 0.1) is 17.5 Å². The third kappa shape index (κ3) is 2.13. The molecule has 1 aromatic rings. The molecule has 1 saturated carbocycles. The summed E-state index contributed by atoms with van der Waals surface area (Å²) in [6.45, 7) is 3.19. The highest BCUT2D eigenvalue weighted by atomic mass is 19.2. The van der Waals surface area contributed by atoms with E-state index in [0.717, 1.165) is 6.07 Å². The summed E-state index contributed by atoms with van der Waals surface area (Å²) in [5, 5.41) is 11.0. The van der Waals surface area contributed by atoms with Crippen molar-refractivity contribution in [1.29, 1.82) is 0 Å². The minimum atomic E-state index is -1.69. The fourth-order valence-corrected chi connectivity index (χ4v) is 2.42. The van der Waals surface area contributed by atoms with Gasteiger partial charge in [-0.3, -0.25) is 9.59 Å². The molecule has 0 aliphatic heterocycles. The monoisotopic (exact) mass is 287 g/mol. The van der Waals surface area contributed by atoms with Gasteiger partial charge in [0.15, 0.2) is 17.5 Å². The highest BCUT2D eigenvalue weighted by Gasteiger charge is 2.65. The predicted molar refractivity (Wildman–Crippen MR) is 63.3 cm³/mol. The number of amides is 1. The first-order valence-corrected chi connectivity index (χ1v) is 5.85. The number of carboxylic acids is 1. The lowest BCUT2D eigenvalue weighted by atomic mass is 10.1. The van der Waals surface area contributed by atoms with Crippen molar-refractivity contribution in [3.63, 3.8) is 0 Å². The Morgan fingerprint density at radius 1 is 1.15 bits per heavy atom. The van der Waals surface area contributed by atoms with Crippen molar-refractivity contribution >= 4 is 17.6 Å². The lowest BCUT2D eigenvalue weighted by Gasteiger charge is -2.08. The number of hydrogen-bond donors (Lipinski definition) is 2. The first-order valence-electron chi connectivity index (χ1n) is 5.85. The van der Waals surface area contributed by atoms with E-state index in [1.807, 2.05) is 0 Å². The summed E-state index contributed by atoms with van der Waals surface area (Å²) in [5.41, 5.74) is -1.27. The number of aliphatic carboxylic acids is 1. The molecule has 2 rings (SSSR count). The third-order valence-electron chi connectivity index (χ3n) is 3.67. The van der Waals surface area contributed by atoms with Crippen molar-refractivity contribution in [2.75, 3.05) is 5.32 Å². The molecule has 20 heavy (non-hydrogen) atoms. The van der Waals surface area contributed by atoms with E-state index in [9.17, 15) is 22.8 Å². The van der Waals surface area contributed by atoms with Crippen molar-refractivity contribution in [3.05, 3.63) is 29.6 Å². The van der Waals surface area contributed by atoms with Crippen molar-refractivity contribution in [2.45, 2.75) is 13.8 Å². The van der Waals surface area contributed by atoms with Crippen LogP contribution in [0.3, 0.4) is 0 Å². The normalized spacial score (nSPS) is 23.2. The highest BCUT2D eigenvalue weighted by Crippen LogP contribution is 2.58. The van der Waals surface area contributed by atoms with Gasteiger partial charge in [-0.15, -0.1) is 0 Å². The molecule has 0 bridgehead atoms. The molecule has 7 heteroatoms. The van der Waals surface area contributed by atoms with E-state index in [-0.39, 0.29) is 0 Å². The fourth-order valence-electron chi connectivity index (χ4n) is 2.42. The minimum Gasteiger partial charge on any atom is -0.481 e. The SMILES string of the molecule is CC1(C)C(C(=O)O)C1C(=O)Nc1ccc(F)c(F)c1F. The number of rotatable bonds is 3. The number of nitrogens with one attached hydrogen (secondary N) is 1. The molecule has 1 aliphatic rings. The van der Waals surface area contributed by atoms with Crippen LogP contribution >= 0.6 is 0 Å². The third-order valence-corrected chi connectivity index (χ3v) is 3.67. The molecule has 2 unspecified atom stereocenters. The molecule has 1 aliphatic carbocycles. The summed E-state index contributed by atoms with van der Waals surface area (Å²) < 4.78 is 39.2. The van der Waals surface area contributed by atoms with Crippen LogP contribution in [0.4, 0.5) is 18.9 Å². The van der Waals surface area contributed by atoms with Crippen LogP contribution in [0, 0.1) is 34.7 Å². The molecule has 1 aromatic carbocycles. The van der Waals surface area contributed by atoms with Crippen LogP contribution in [0.25, 0.3) is 0 Å². The second-order valence-electron chi connectivity index (χ2n) is 5.33. The smallest absolute Gasteiger partial charge is 0.307 e. The average Bonchev–Trinajstić information content (AvgIpc) is 2.93. The van der Waals surface area contributed by atoms with Crippen LogP contribution in [0.5, 0.6) is 0 Å². The number of carbonyl (C=O) groups is 2. The molecule has 0 aromatic heterocycles. The van der Waals surface area contributed by atoms with Crippen LogP contribution in [-0.2, 0) is 9.59 Å². The van der Waals surface area contributed by atoms with Crippen molar-refractivity contribution in [1.82, 2.24) is 0 Å². The predicted octanol–water partition coefficient (Wildman–Crippen LogP) is 2.40. The Hall–Kier alpha value is -2.05. The number of carbonyl (C=O) groups excluding carboxylic acids is 1. The number of carboxylic acid groups (broad SMARTS) is 1. The van der Waals surface area contributed by atoms with E-state index in [4.69, 9.17) is 5.11 Å². The quantitative estimate of drug-likeness (QED) is 0.839. The molecule has 0 spiro atoms. The van der Waals surface area contributed by atoms with Crippen LogP contribution in [-0.4, -0.2) is 17.0 Å². The second-order valence-corrected chi connectivity index (χ2v) is 5.33. The van der Waals surface area contributed by atoms with E-state index in [1.165, 1.54) is 0 Å². The lowest BCUT2D eigenvalue weighted by Crippen LogP contribution is -2.19. The molecule has 1 amide bonds. The van der Waals surface area contributed by atoms with Gasteiger partial charge >= 0.3 is 5.97 Å². The second kappa shape index (κ2) is 4.50. The van der Waals surface area contributed by atoms with Crippen molar-refractivity contribution in [3.8, 4) is 0 Å². The number of anilines is 1. The van der Waals surface area contributed by atoms with E-state index in [0.29, 0.717) is 6.07 Å².